The number of aromatic nitrogens is 2. The molecule has 2 aliphatic rings. The van der Waals surface area contributed by atoms with Crippen molar-refractivity contribution < 1.29 is 14.3 Å². The van der Waals surface area contributed by atoms with Gasteiger partial charge >= 0.3 is 5.97 Å². The minimum Gasteiger partial charge on any atom is -0.478 e. The minimum absolute atomic E-state index is 0.200. The number of piperazine rings is 1. The zero-order chi connectivity index (χ0) is 25.4. The molecule has 2 atom stereocenters. The zero-order valence-electron chi connectivity index (χ0n) is 21.0. The van der Waals surface area contributed by atoms with Crippen molar-refractivity contribution in [1.82, 2.24) is 9.97 Å². The Balaban J connectivity index is 1.44. The number of carbonyl (C=O) groups is 1. The molecule has 36 heavy (non-hydrogen) atoms. The van der Waals surface area contributed by atoms with Crippen molar-refractivity contribution in [2.45, 2.75) is 45.7 Å². The van der Waals surface area contributed by atoms with Crippen molar-refractivity contribution in [3.05, 3.63) is 65.6 Å². The Morgan fingerprint density at radius 1 is 1.03 bits per heavy atom. The van der Waals surface area contributed by atoms with E-state index in [4.69, 9.17) is 4.98 Å². The van der Waals surface area contributed by atoms with Crippen molar-refractivity contribution in [3.8, 4) is 11.3 Å². The number of hydrogen-bond donors (Lipinski definition) is 1. The minimum atomic E-state index is -0.965. The Morgan fingerprint density at radius 3 is 2.44 bits per heavy atom. The van der Waals surface area contributed by atoms with Crippen LogP contribution in [-0.4, -0.2) is 59.3 Å². The molecule has 188 valence electrons. The van der Waals surface area contributed by atoms with Gasteiger partial charge in [-0.3, -0.25) is 0 Å². The van der Waals surface area contributed by atoms with Gasteiger partial charge in [-0.15, -0.1) is 0 Å². The highest BCUT2D eigenvalue weighted by atomic mass is 19.1. The quantitative estimate of drug-likeness (QED) is 0.541. The van der Waals surface area contributed by atoms with Gasteiger partial charge < -0.3 is 19.8 Å². The standard InChI is InChI=1S/C28H32FN5O2/c1-18-13-22(28(35)36)16-30-27(18)32-11-12-33(20(3)17-32)24-14-25(21-6-8-23(29)9-7-21)31-26(15-24)34-10-4-5-19(34)2/h6-9,13-16,19-20H,4-5,10-12,17H2,1-3H3,(H,35,36). The number of pyridine rings is 2. The van der Waals surface area contributed by atoms with Crippen molar-refractivity contribution in [3.63, 3.8) is 0 Å². The van der Waals surface area contributed by atoms with Gasteiger partial charge in [0.25, 0.3) is 0 Å². The number of aryl methyl sites for hydroxylation is 1. The van der Waals surface area contributed by atoms with E-state index in [0.29, 0.717) is 6.04 Å². The third-order valence-corrected chi connectivity index (χ3v) is 7.34. The molecule has 0 spiro atoms. The van der Waals surface area contributed by atoms with E-state index in [-0.39, 0.29) is 17.4 Å². The van der Waals surface area contributed by atoms with Crippen LogP contribution in [0.25, 0.3) is 11.3 Å². The normalized spacial score (nSPS) is 20.2. The number of hydrogen-bond acceptors (Lipinski definition) is 6. The summed E-state index contributed by atoms with van der Waals surface area (Å²) in [7, 11) is 0. The lowest BCUT2D eigenvalue weighted by atomic mass is 10.1. The van der Waals surface area contributed by atoms with Crippen LogP contribution >= 0.6 is 0 Å². The van der Waals surface area contributed by atoms with Crippen LogP contribution in [0, 0.1) is 12.7 Å². The molecule has 2 aliphatic heterocycles. The number of carboxylic acids is 1. The second-order valence-electron chi connectivity index (χ2n) is 9.92. The average Bonchev–Trinajstić information content (AvgIpc) is 3.30. The van der Waals surface area contributed by atoms with E-state index in [1.807, 2.05) is 6.92 Å². The van der Waals surface area contributed by atoms with Crippen LogP contribution in [0.5, 0.6) is 0 Å². The van der Waals surface area contributed by atoms with E-state index >= 15 is 0 Å². The van der Waals surface area contributed by atoms with E-state index in [1.54, 1.807) is 18.2 Å². The summed E-state index contributed by atoms with van der Waals surface area (Å²) in [5, 5.41) is 9.26. The van der Waals surface area contributed by atoms with E-state index in [0.717, 1.165) is 73.2 Å². The van der Waals surface area contributed by atoms with Crippen LogP contribution in [0.1, 0.15) is 42.6 Å². The maximum Gasteiger partial charge on any atom is 0.337 e. The monoisotopic (exact) mass is 489 g/mol. The molecule has 0 radical (unpaired) electrons. The van der Waals surface area contributed by atoms with Crippen LogP contribution in [0.15, 0.2) is 48.7 Å². The Bertz CT molecular complexity index is 1270. The van der Waals surface area contributed by atoms with Gasteiger partial charge in [0.15, 0.2) is 0 Å². The topological polar surface area (TPSA) is 72.8 Å². The lowest BCUT2D eigenvalue weighted by Gasteiger charge is -2.42. The summed E-state index contributed by atoms with van der Waals surface area (Å²) in [6.45, 7) is 9.67. The van der Waals surface area contributed by atoms with E-state index < -0.39 is 5.97 Å². The van der Waals surface area contributed by atoms with Crippen LogP contribution < -0.4 is 14.7 Å². The van der Waals surface area contributed by atoms with Crippen LogP contribution in [0.4, 0.5) is 21.7 Å². The van der Waals surface area contributed by atoms with Gasteiger partial charge in [-0.05, 0) is 75.6 Å². The SMILES string of the molecule is Cc1cc(C(=O)O)cnc1N1CCN(c2cc(-c3ccc(F)cc3)nc(N3CCCC3C)c2)C(C)C1. The predicted molar refractivity (Wildman–Crippen MR) is 141 cm³/mol. The molecular formula is C28H32FN5O2. The van der Waals surface area contributed by atoms with Gasteiger partial charge in [0.05, 0.1) is 11.3 Å². The van der Waals surface area contributed by atoms with Gasteiger partial charge in [0.1, 0.15) is 17.5 Å². The fourth-order valence-corrected chi connectivity index (χ4v) is 5.41. The first-order valence-electron chi connectivity index (χ1n) is 12.6. The number of nitrogens with zero attached hydrogens (tertiary/aromatic N) is 5. The molecule has 5 rings (SSSR count). The fourth-order valence-electron chi connectivity index (χ4n) is 5.41. The Morgan fingerprint density at radius 2 is 1.81 bits per heavy atom. The molecule has 2 unspecified atom stereocenters. The van der Waals surface area contributed by atoms with Crippen molar-refractivity contribution in [1.29, 1.82) is 0 Å². The Hall–Kier alpha value is -3.68. The molecule has 0 bridgehead atoms. The predicted octanol–water partition coefficient (Wildman–Crippen LogP) is 4.99. The highest BCUT2D eigenvalue weighted by molar-refractivity contribution is 5.87. The lowest BCUT2D eigenvalue weighted by molar-refractivity contribution is 0.0696. The molecule has 2 saturated heterocycles. The number of aromatic carboxylic acids is 1. The first-order valence-corrected chi connectivity index (χ1v) is 12.6. The van der Waals surface area contributed by atoms with E-state index in [2.05, 4.69) is 45.7 Å². The van der Waals surface area contributed by atoms with Gasteiger partial charge in [0.2, 0.25) is 0 Å². The number of halogens is 1. The number of rotatable bonds is 5. The summed E-state index contributed by atoms with van der Waals surface area (Å²) in [6, 6.07) is 13.1. The molecule has 2 fully saturated rings. The molecule has 2 aromatic heterocycles. The second-order valence-corrected chi connectivity index (χ2v) is 9.92. The smallest absolute Gasteiger partial charge is 0.337 e. The van der Waals surface area contributed by atoms with Gasteiger partial charge in [-0.2, -0.15) is 0 Å². The van der Waals surface area contributed by atoms with Gasteiger partial charge in [-0.1, -0.05) is 0 Å². The van der Waals surface area contributed by atoms with E-state index in [9.17, 15) is 14.3 Å². The number of benzene rings is 1. The molecule has 0 amide bonds. The molecule has 4 heterocycles. The van der Waals surface area contributed by atoms with Gasteiger partial charge in [-0.25, -0.2) is 19.2 Å². The zero-order valence-corrected chi connectivity index (χ0v) is 21.0. The lowest BCUT2D eigenvalue weighted by Crippen LogP contribution is -2.52. The van der Waals surface area contributed by atoms with Crippen molar-refractivity contribution in [2.75, 3.05) is 40.9 Å². The first kappa shape index (κ1) is 24.0. The third-order valence-electron chi connectivity index (χ3n) is 7.34. The highest BCUT2D eigenvalue weighted by Crippen LogP contribution is 2.33. The fraction of sp³-hybridized carbons (Fsp3) is 0.393. The van der Waals surface area contributed by atoms with Crippen LogP contribution in [0.3, 0.4) is 0 Å². The largest absolute Gasteiger partial charge is 0.478 e. The van der Waals surface area contributed by atoms with E-state index in [1.165, 1.54) is 18.3 Å². The van der Waals surface area contributed by atoms with Gasteiger partial charge in [0, 0.05) is 61.8 Å². The van der Waals surface area contributed by atoms with Crippen molar-refractivity contribution in [2.24, 2.45) is 0 Å². The molecule has 8 heteroatoms. The Kier molecular flexibility index (Phi) is 6.51. The molecule has 0 aliphatic carbocycles. The molecule has 7 nitrogen and oxygen atoms in total. The third kappa shape index (κ3) is 4.72. The van der Waals surface area contributed by atoms with Crippen LogP contribution in [-0.2, 0) is 0 Å². The summed E-state index contributed by atoms with van der Waals surface area (Å²) < 4.78 is 13.6. The highest BCUT2D eigenvalue weighted by Gasteiger charge is 2.28. The summed E-state index contributed by atoms with van der Waals surface area (Å²) in [5.74, 6) is 0.578. The number of carboxylic acid groups (broad SMARTS) is 1. The average molecular weight is 490 g/mol. The summed E-state index contributed by atoms with van der Waals surface area (Å²) in [5.41, 5.74) is 3.92. The Labute approximate surface area is 211 Å². The maximum absolute atomic E-state index is 13.6. The maximum atomic E-state index is 13.6. The first-order chi connectivity index (χ1) is 17.3. The molecule has 3 aromatic rings. The van der Waals surface area contributed by atoms with Crippen molar-refractivity contribution >= 4 is 23.3 Å². The number of anilines is 3. The molecule has 0 saturated carbocycles. The summed E-state index contributed by atoms with van der Waals surface area (Å²) >= 11 is 0. The molecule has 1 aromatic carbocycles. The molecular weight excluding hydrogens is 457 g/mol. The van der Waals surface area contributed by atoms with Crippen LogP contribution in [0.2, 0.25) is 0 Å². The summed E-state index contributed by atoms with van der Waals surface area (Å²) in [4.78, 5) is 27.8. The summed E-state index contributed by atoms with van der Waals surface area (Å²) in [6.07, 6.45) is 3.74. The second kappa shape index (κ2) is 9.76. The molecule has 1 N–H and O–H groups in total.